The Hall–Kier alpha value is -2.00. The molecule has 2 aromatic carbocycles. The predicted octanol–water partition coefficient (Wildman–Crippen LogP) is 4.36. The van der Waals surface area contributed by atoms with E-state index in [-0.39, 0.29) is 18.1 Å². The molecule has 0 saturated carbocycles. The molecule has 0 saturated heterocycles. The van der Waals surface area contributed by atoms with Crippen molar-refractivity contribution in [1.82, 2.24) is 10.2 Å². The van der Waals surface area contributed by atoms with Crippen LogP contribution in [0.4, 0.5) is 5.69 Å². The van der Waals surface area contributed by atoms with Crippen LogP contribution in [0.5, 0.6) is 0 Å². The number of anilines is 1. The average molecular weight is 535 g/mol. The van der Waals surface area contributed by atoms with Crippen molar-refractivity contribution in [1.29, 1.82) is 0 Å². The molecule has 0 fully saturated rings. The van der Waals surface area contributed by atoms with Crippen LogP contribution in [0.25, 0.3) is 0 Å². The summed E-state index contributed by atoms with van der Waals surface area (Å²) in [7, 11) is -3.83. The summed E-state index contributed by atoms with van der Waals surface area (Å²) >= 11 is 18.3. The Kier molecular flexibility index (Phi) is 9.84. The fourth-order valence-corrected chi connectivity index (χ4v) is 4.78. The lowest BCUT2D eigenvalue weighted by atomic mass is 10.1. The fourth-order valence-electron chi connectivity index (χ4n) is 3.29. The lowest BCUT2D eigenvalue weighted by Gasteiger charge is -2.33. The second-order valence-corrected chi connectivity index (χ2v) is 10.5. The van der Waals surface area contributed by atoms with Crippen molar-refractivity contribution in [3.05, 3.63) is 63.1 Å². The normalized spacial score (nSPS) is 12.2. The zero-order valence-corrected chi connectivity index (χ0v) is 21.6. The van der Waals surface area contributed by atoms with Crippen LogP contribution < -0.4 is 9.62 Å². The molecule has 1 unspecified atom stereocenters. The summed E-state index contributed by atoms with van der Waals surface area (Å²) in [6.07, 6.45) is 1.32. The molecule has 0 radical (unpaired) electrons. The van der Waals surface area contributed by atoms with Gasteiger partial charge in [-0.25, -0.2) is 8.42 Å². The Labute approximate surface area is 209 Å². The summed E-state index contributed by atoms with van der Waals surface area (Å²) in [5.74, 6) is -0.906. The van der Waals surface area contributed by atoms with Gasteiger partial charge in [0, 0.05) is 28.2 Å². The molecule has 1 atom stereocenters. The molecule has 0 aliphatic heterocycles. The van der Waals surface area contributed by atoms with Crippen LogP contribution in [-0.2, 0) is 26.2 Å². The number of carbonyl (C=O) groups excluding carboxylic acids is 2. The van der Waals surface area contributed by atoms with Gasteiger partial charge in [0.15, 0.2) is 0 Å². The van der Waals surface area contributed by atoms with Gasteiger partial charge in [-0.05, 0) is 49.2 Å². The van der Waals surface area contributed by atoms with E-state index in [9.17, 15) is 18.0 Å². The Morgan fingerprint density at radius 3 is 2.24 bits per heavy atom. The number of hydrogen-bond acceptors (Lipinski definition) is 4. The van der Waals surface area contributed by atoms with E-state index in [1.807, 2.05) is 0 Å². The maximum absolute atomic E-state index is 13.5. The molecule has 180 valence electrons. The lowest BCUT2D eigenvalue weighted by molar-refractivity contribution is -0.140. The van der Waals surface area contributed by atoms with Crippen LogP contribution in [0.2, 0.25) is 15.1 Å². The van der Waals surface area contributed by atoms with Crippen molar-refractivity contribution in [2.75, 3.05) is 23.7 Å². The van der Waals surface area contributed by atoms with E-state index in [1.165, 1.54) is 11.0 Å². The number of carbonyl (C=O) groups is 2. The lowest BCUT2D eigenvalue weighted by Crippen LogP contribution is -2.52. The molecule has 0 bridgehead atoms. The third-order valence-electron chi connectivity index (χ3n) is 4.87. The first kappa shape index (κ1) is 27.2. The second kappa shape index (κ2) is 11.9. The second-order valence-electron chi connectivity index (χ2n) is 7.33. The summed E-state index contributed by atoms with van der Waals surface area (Å²) in [6.45, 7) is 3.42. The van der Waals surface area contributed by atoms with Gasteiger partial charge in [-0.2, -0.15) is 0 Å². The molecule has 0 aliphatic rings. The van der Waals surface area contributed by atoms with Crippen LogP contribution in [0.3, 0.4) is 0 Å². The maximum atomic E-state index is 13.5. The number of halogens is 3. The molecular formula is C22H26Cl3N3O4S. The van der Waals surface area contributed by atoms with Gasteiger partial charge in [-0.1, -0.05) is 53.9 Å². The topological polar surface area (TPSA) is 86.8 Å². The molecule has 2 amide bonds. The number of sulfonamides is 1. The largest absolute Gasteiger partial charge is 0.355 e. The zero-order chi connectivity index (χ0) is 24.8. The fraction of sp³-hybridized carbons (Fsp3) is 0.364. The van der Waals surface area contributed by atoms with Gasteiger partial charge < -0.3 is 10.2 Å². The molecule has 0 aliphatic carbocycles. The summed E-state index contributed by atoms with van der Waals surface area (Å²) in [5.41, 5.74) is 0.819. The minimum absolute atomic E-state index is 0.00236. The molecule has 11 heteroatoms. The molecule has 1 N–H and O–H groups in total. The van der Waals surface area contributed by atoms with Gasteiger partial charge in [0.1, 0.15) is 12.6 Å². The van der Waals surface area contributed by atoms with Gasteiger partial charge in [0.25, 0.3) is 0 Å². The maximum Gasteiger partial charge on any atom is 0.244 e. The zero-order valence-electron chi connectivity index (χ0n) is 18.5. The van der Waals surface area contributed by atoms with Crippen molar-refractivity contribution in [2.24, 2.45) is 0 Å². The van der Waals surface area contributed by atoms with E-state index in [0.717, 1.165) is 10.6 Å². The standard InChI is InChI=1S/C22H26Cl3N3O4S/c1-4-20(22(30)26-5-2)27(13-15-9-10-17(24)12-19(15)25)21(29)14-28(33(3,31)32)18-8-6-7-16(23)11-18/h6-12,20H,4-5,13-14H2,1-3H3,(H,26,30). The molecule has 2 rings (SSSR count). The van der Waals surface area contributed by atoms with Crippen LogP contribution in [-0.4, -0.2) is 50.5 Å². The number of hydrogen-bond donors (Lipinski definition) is 1. The summed E-state index contributed by atoms with van der Waals surface area (Å²) < 4.78 is 26.0. The van der Waals surface area contributed by atoms with Gasteiger partial charge >= 0.3 is 0 Å². The molecule has 0 aromatic heterocycles. The number of amides is 2. The van der Waals surface area contributed by atoms with Crippen LogP contribution in [0.1, 0.15) is 25.8 Å². The van der Waals surface area contributed by atoms with Crippen molar-refractivity contribution >= 4 is 62.3 Å². The molecule has 33 heavy (non-hydrogen) atoms. The first-order valence-corrected chi connectivity index (χ1v) is 13.2. The van der Waals surface area contributed by atoms with Crippen molar-refractivity contribution in [3.63, 3.8) is 0 Å². The number of rotatable bonds is 10. The quantitative estimate of drug-likeness (QED) is 0.491. The Morgan fingerprint density at radius 2 is 1.70 bits per heavy atom. The Bertz CT molecular complexity index is 1110. The highest BCUT2D eigenvalue weighted by molar-refractivity contribution is 7.92. The number of likely N-dealkylation sites (N-methyl/N-ethyl adjacent to an activating group) is 1. The summed E-state index contributed by atoms with van der Waals surface area (Å²) in [4.78, 5) is 27.6. The van der Waals surface area contributed by atoms with E-state index in [4.69, 9.17) is 34.8 Å². The molecule has 0 heterocycles. The third kappa shape index (κ3) is 7.50. The molecule has 0 spiro atoms. The van der Waals surface area contributed by atoms with Crippen LogP contribution in [0, 0.1) is 0 Å². The minimum Gasteiger partial charge on any atom is -0.355 e. The molecular weight excluding hydrogens is 509 g/mol. The van der Waals surface area contributed by atoms with Gasteiger partial charge in [0.2, 0.25) is 21.8 Å². The summed E-state index contributed by atoms with van der Waals surface area (Å²) in [6, 6.07) is 10.2. The first-order chi connectivity index (χ1) is 15.5. The average Bonchev–Trinajstić information content (AvgIpc) is 2.72. The van der Waals surface area contributed by atoms with Crippen molar-refractivity contribution in [2.45, 2.75) is 32.9 Å². The Morgan fingerprint density at radius 1 is 1.03 bits per heavy atom. The monoisotopic (exact) mass is 533 g/mol. The van der Waals surface area contributed by atoms with Gasteiger partial charge in [-0.15, -0.1) is 0 Å². The number of benzene rings is 2. The van der Waals surface area contributed by atoms with Crippen LogP contribution >= 0.6 is 34.8 Å². The number of nitrogens with one attached hydrogen (secondary N) is 1. The SMILES string of the molecule is CCNC(=O)C(CC)N(Cc1ccc(Cl)cc1Cl)C(=O)CN(c1cccc(Cl)c1)S(C)(=O)=O. The smallest absolute Gasteiger partial charge is 0.244 e. The predicted molar refractivity (Wildman–Crippen MR) is 133 cm³/mol. The van der Waals surface area contributed by atoms with E-state index in [0.29, 0.717) is 33.6 Å². The first-order valence-electron chi connectivity index (χ1n) is 10.2. The minimum atomic E-state index is -3.83. The van der Waals surface area contributed by atoms with E-state index in [1.54, 1.807) is 50.2 Å². The van der Waals surface area contributed by atoms with E-state index >= 15 is 0 Å². The molecule has 7 nitrogen and oxygen atoms in total. The third-order valence-corrected chi connectivity index (χ3v) is 6.83. The van der Waals surface area contributed by atoms with E-state index in [2.05, 4.69) is 5.32 Å². The van der Waals surface area contributed by atoms with Gasteiger partial charge in [0.05, 0.1) is 11.9 Å². The van der Waals surface area contributed by atoms with Crippen molar-refractivity contribution in [3.8, 4) is 0 Å². The highest BCUT2D eigenvalue weighted by Gasteiger charge is 2.32. The Balaban J connectivity index is 2.46. The van der Waals surface area contributed by atoms with Crippen molar-refractivity contribution < 1.29 is 18.0 Å². The van der Waals surface area contributed by atoms with Gasteiger partial charge in [-0.3, -0.25) is 13.9 Å². The summed E-state index contributed by atoms with van der Waals surface area (Å²) in [5, 5.41) is 3.82. The number of nitrogens with zero attached hydrogens (tertiary/aromatic N) is 2. The highest BCUT2D eigenvalue weighted by Crippen LogP contribution is 2.25. The molecule has 2 aromatic rings. The highest BCUT2D eigenvalue weighted by atomic mass is 35.5. The van der Waals surface area contributed by atoms with Crippen LogP contribution in [0.15, 0.2) is 42.5 Å². The van der Waals surface area contributed by atoms with E-state index < -0.39 is 28.5 Å².